The topological polar surface area (TPSA) is 39.2 Å². The maximum Gasteiger partial charge on any atom is 0.161 e. The van der Waals surface area contributed by atoms with Gasteiger partial charge in [0, 0.05) is 11.8 Å². The quantitative estimate of drug-likeness (QED) is 0.754. The Morgan fingerprint density at radius 1 is 1.24 bits per heavy atom. The van der Waals surface area contributed by atoms with E-state index in [2.05, 4.69) is 4.98 Å². The fourth-order valence-electron chi connectivity index (χ4n) is 1.43. The maximum absolute atomic E-state index is 11.2. The first-order chi connectivity index (χ1) is 8.25. The summed E-state index contributed by atoms with van der Waals surface area (Å²) < 4.78 is 5.57. The van der Waals surface area contributed by atoms with Gasteiger partial charge in [0.1, 0.15) is 12.4 Å². The fraction of sp³-hybridized carbons (Fsp3) is 0.143. The zero-order valence-electron chi connectivity index (χ0n) is 9.59. The minimum absolute atomic E-state index is 0.0114. The Hall–Kier alpha value is -2.16. The number of pyridine rings is 1. The van der Waals surface area contributed by atoms with Crippen LogP contribution in [0, 0.1) is 0 Å². The number of hydrogen-bond donors (Lipinski definition) is 0. The van der Waals surface area contributed by atoms with Crippen LogP contribution in [-0.2, 0) is 6.61 Å². The fourth-order valence-corrected chi connectivity index (χ4v) is 1.43. The predicted molar refractivity (Wildman–Crippen MR) is 65.0 cm³/mol. The number of aromatic nitrogens is 1. The largest absolute Gasteiger partial charge is 0.487 e. The Bertz CT molecular complexity index is 509. The third-order valence-electron chi connectivity index (χ3n) is 2.37. The zero-order chi connectivity index (χ0) is 12.1. The van der Waals surface area contributed by atoms with Crippen LogP contribution in [0.1, 0.15) is 22.8 Å². The second-order valence-corrected chi connectivity index (χ2v) is 3.74. The van der Waals surface area contributed by atoms with Crippen molar-refractivity contribution < 1.29 is 9.53 Å². The average molecular weight is 227 g/mol. The highest BCUT2D eigenvalue weighted by atomic mass is 16.5. The number of rotatable bonds is 4. The number of nitrogens with zero attached hydrogens (tertiary/aromatic N) is 1. The first-order valence-electron chi connectivity index (χ1n) is 5.38. The molecule has 0 aliphatic heterocycles. The maximum atomic E-state index is 11.2. The SMILES string of the molecule is CC(=O)c1cncc(OCc2ccccc2)c1. The highest BCUT2D eigenvalue weighted by Crippen LogP contribution is 2.13. The molecule has 3 nitrogen and oxygen atoms in total. The number of benzene rings is 1. The summed E-state index contributed by atoms with van der Waals surface area (Å²) >= 11 is 0. The Balaban J connectivity index is 2.04. The smallest absolute Gasteiger partial charge is 0.161 e. The van der Waals surface area contributed by atoms with Crippen molar-refractivity contribution in [2.24, 2.45) is 0 Å². The molecule has 0 atom stereocenters. The van der Waals surface area contributed by atoms with Crippen LogP contribution in [0.3, 0.4) is 0 Å². The standard InChI is InChI=1S/C14H13NO2/c1-11(16)13-7-14(9-15-8-13)17-10-12-5-3-2-4-6-12/h2-9H,10H2,1H3. The van der Waals surface area contributed by atoms with Gasteiger partial charge in [-0.15, -0.1) is 0 Å². The van der Waals surface area contributed by atoms with E-state index in [9.17, 15) is 4.79 Å². The molecule has 3 heteroatoms. The van der Waals surface area contributed by atoms with Gasteiger partial charge in [-0.05, 0) is 18.6 Å². The number of carbonyl (C=O) groups excluding carboxylic acids is 1. The van der Waals surface area contributed by atoms with Crippen molar-refractivity contribution in [1.29, 1.82) is 0 Å². The molecule has 1 aromatic heterocycles. The van der Waals surface area contributed by atoms with Gasteiger partial charge < -0.3 is 4.74 Å². The van der Waals surface area contributed by atoms with E-state index in [1.165, 1.54) is 13.1 Å². The lowest BCUT2D eigenvalue weighted by molar-refractivity contribution is 0.101. The lowest BCUT2D eigenvalue weighted by Crippen LogP contribution is -1.98. The average Bonchev–Trinajstić information content (AvgIpc) is 2.38. The van der Waals surface area contributed by atoms with E-state index in [1.807, 2.05) is 30.3 Å². The number of ether oxygens (including phenoxy) is 1. The molecule has 0 saturated heterocycles. The molecule has 1 heterocycles. The molecule has 0 spiro atoms. The van der Waals surface area contributed by atoms with Gasteiger partial charge in [0.15, 0.2) is 5.78 Å². The summed E-state index contributed by atoms with van der Waals surface area (Å²) in [5.74, 6) is 0.601. The predicted octanol–water partition coefficient (Wildman–Crippen LogP) is 2.86. The van der Waals surface area contributed by atoms with Crippen LogP contribution in [0.4, 0.5) is 0 Å². The van der Waals surface area contributed by atoms with Gasteiger partial charge in [-0.3, -0.25) is 9.78 Å². The molecule has 17 heavy (non-hydrogen) atoms. The Kier molecular flexibility index (Phi) is 3.50. The molecule has 0 bridgehead atoms. The molecule has 0 aliphatic rings. The van der Waals surface area contributed by atoms with Gasteiger partial charge in [-0.2, -0.15) is 0 Å². The van der Waals surface area contributed by atoms with Crippen LogP contribution >= 0.6 is 0 Å². The Labute approximate surface area is 100 Å². The highest BCUT2D eigenvalue weighted by Gasteiger charge is 2.02. The monoisotopic (exact) mass is 227 g/mol. The Morgan fingerprint density at radius 3 is 2.71 bits per heavy atom. The lowest BCUT2D eigenvalue weighted by Gasteiger charge is -2.06. The van der Waals surface area contributed by atoms with Gasteiger partial charge in [0.25, 0.3) is 0 Å². The normalized spacial score (nSPS) is 9.94. The minimum atomic E-state index is -0.0114. The van der Waals surface area contributed by atoms with Crippen molar-refractivity contribution >= 4 is 5.78 Å². The van der Waals surface area contributed by atoms with Crippen LogP contribution in [-0.4, -0.2) is 10.8 Å². The number of ketones is 1. The van der Waals surface area contributed by atoms with E-state index in [0.29, 0.717) is 17.9 Å². The molecule has 86 valence electrons. The Morgan fingerprint density at radius 2 is 2.00 bits per heavy atom. The second-order valence-electron chi connectivity index (χ2n) is 3.74. The second kappa shape index (κ2) is 5.25. The summed E-state index contributed by atoms with van der Waals surface area (Å²) in [4.78, 5) is 15.1. The molecular formula is C14H13NO2. The summed E-state index contributed by atoms with van der Waals surface area (Å²) in [7, 11) is 0. The van der Waals surface area contributed by atoms with E-state index in [-0.39, 0.29) is 5.78 Å². The van der Waals surface area contributed by atoms with Crippen molar-refractivity contribution in [2.75, 3.05) is 0 Å². The lowest BCUT2D eigenvalue weighted by atomic mass is 10.2. The molecule has 0 unspecified atom stereocenters. The minimum Gasteiger partial charge on any atom is -0.487 e. The molecule has 2 aromatic rings. The van der Waals surface area contributed by atoms with Crippen LogP contribution in [0.2, 0.25) is 0 Å². The van der Waals surface area contributed by atoms with Gasteiger partial charge in [-0.1, -0.05) is 30.3 Å². The van der Waals surface area contributed by atoms with Crippen molar-refractivity contribution in [3.8, 4) is 5.75 Å². The zero-order valence-corrected chi connectivity index (χ0v) is 9.59. The van der Waals surface area contributed by atoms with Crippen molar-refractivity contribution in [3.63, 3.8) is 0 Å². The van der Waals surface area contributed by atoms with E-state index in [1.54, 1.807) is 12.3 Å². The number of carbonyl (C=O) groups is 1. The summed E-state index contributed by atoms with van der Waals surface area (Å²) in [6.07, 6.45) is 3.15. The van der Waals surface area contributed by atoms with Gasteiger partial charge >= 0.3 is 0 Å². The third kappa shape index (κ3) is 3.14. The molecule has 0 aliphatic carbocycles. The number of Topliss-reactive ketones (excluding diaryl/α,β-unsaturated/α-hetero) is 1. The molecular weight excluding hydrogens is 214 g/mol. The van der Waals surface area contributed by atoms with E-state index in [0.717, 1.165) is 5.56 Å². The van der Waals surface area contributed by atoms with Gasteiger partial charge in [0.2, 0.25) is 0 Å². The van der Waals surface area contributed by atoms with E-state index in [4.69, 9.17) is 4.74 Å². The first-order valence-corrected chi connectivity index (χ1v) is 5.38. The van der Waals surface area contributed by atoms with Crippen LogP contribution in [0.15, 0.2) is 48.8 Å². The number of hydrogen-bond acceptors (Lipinski definition) is 3. The van der Waals surface area contributed by atoms with Gasteiger partial charge in [0.05, 0.1) is 6.20 Å². The highest BCUT2D eigenvalue weighted by molar-refractivity contribution is 5.94. The summed E-state index contributed by atoms with van der Waals surface area (Å²) in [5, 5.41) is 0. The molecule has 0 N–H and O–H groups in total. The van der Waals surface area contributed by atoms with Crippen LogP contribution in [0.25, 0.3) is 0 Å². The van der Waals surface area contributed by atoms with E-state index < -0.39 is 0 Å². The molecule has 0 radical (unpaired) electrons. The molecule has 2 rings (SSSR count). The molecule has 0 amide bonds. The van der Waals surface area contributed by atoms with Crippen molar-refractivity contribution in [2.45, 2.75) is 13.5 Å². The van der Waals surface area contributed by atoms with Crippen LogP contribution in [0.5, 0.6) is 5.75 Å². The summed E-state index contributed by atoms with van der Waals surface area (Å²) in [5.41, 5.74) is 1.65. The molecule has 0 saturated carbocycles. The van der Waals surface area contributed by atoms with Gasteiger partial charge in [-0.25, -0.2) is 0 Å². The summed E-state index contributed by atoms with van der Waals surface area (Å²) in [6.45, 7) is 1.99. The third-order valence-corrected chi connectivity index (χ3v) is 2.37. The molecule has 0 fully saturated rings. The van der Waals surface area contributed by atoms with Crippen molar-refractivity contribution in [3.05, 3.63) is 59.9 Å². The van der Waals surface area contributed by atoms with E-state index >= 15 is 0 Å². The summed E-state index contributed by atoms with van der Waals surface area (Å²) in [6, 6.07) is 11.6. The van der Waals surface area contributed by atoms with Crippen LogP contribution < -0.4 is 4.74 Å². The first kappa shape index (κ1) is 11.3. The molecule has 1 aromatic carbocycles. The van der Waals surface area contributed by atoms with Crippen molar-refractivity contribution in [1.82, 2.24) is 4.98 Å².